The van der Waals surface area contributed by atoms with E-state index in [0.29, 0.717) is 12.8 Å². The first-order valence-electron chi connectivity index (χ1n) is 19.6. The molecule has 262 valence electrons. The van der Waals surface area contributed by atoms with E-state index in [-0.39, 0.29) is 25.2 Å². The van der Waals surface area contributed by atoms with Crippen molar-refractivity contribution in [1.82, 2.24) is 0 Å². The molecule has 0 radical (unpaired) electrons. The van der Waals surface area contributed by atoms with Crippen LogP contribution in [0, 0.1) is 0 Å². The molecule has 0 aromatic rings. The van der Waals surface area contributed by atoms with E-state index in [1.165, 1.54) is 161 Å². The molecular formula is C39H76O5. The van der Waals surface area contributed by atoms with E-state index in [1.54, 1.807) is 0 Å². The molecule has 0 amide bonds. The van der Waals surface area contributed by atoms with Gasteiger partial charge in [0, 0.05) is 12.8 Å². The second-order valence-corrected chi connectivity index (χ2v) is 13.4. The molecule has 5 nitrogen and oxygen atoms in total. The van der Waals surface area contributed by atoms with Gasteiger partial charge in [-0.3, -0.25) is 9.59 Å². The van der Waals surface area contributed by atoms with Crippen molar-refractivity contribution in [2.45, 2.75) is 225 Å². The summed E-state index contributed by atoms with van der Waals surface area (Å²) in [4.78, 5) is 24.2. The van der Waals surface area contributed by atoms with Crippen LogP contribution in [0.2, 0.25) is 0 Å². The van der Waals surface area contributed by atoms with Gasteiger partial charge in [0.05, 0.1) is 6.61 Å². The summed E-state index contributed by atoms with van der Waals surface area (Å²) in [5.41, 5.74) is 0. The lowest BCUT2D eigenvalue weighted by molar-refractivity contribution is -0.161. The molecule has 0 rings (SSSR count). The van der Waals surface area contributed by atoms with Gasteiger partial charge in [0.25, 0.3) is 0 Å². The largest absolute Gasteiger partial charge is 0.462 e. The van der Waals surface area contributed by atoms with E-state index < -0.39 is 6.10 Å². The fraction of sp³-hybridized carbons (Fsp3) is 0.949. The first-order valence-corrected chi connectivity index (χ1v) is 19.6. The van der Waals surface area contributed by atoms with E-state index >= 15 is 0 Å². The molecule has 0 aliphatic heterocycles. The Bertz CT molecular complexity index is 593. The first-order chi connectivity index (χ1) is 21.6. The zero-order chi connectivity index (χ0) is 32.2. The number of aliphatic hydroxyl groups is 1. The van der Waals surface area contributed by atoms with E-state index in [4.69, 9.17) is 9.47 Å². The predicted octanol–water partition coefficient (Wildman–Crippen LogP) is 12.0. The zero-order valence-corrected chi connectivity index (χ0v) is 29.7. The lowest BCUT2D eigenvalue weighted by atomic mass is 10.0. The van der Waals surface area contributed by atoms with Crippen molar-refractivity contribution < 1.29 is 24.2 Å². The van der Waals surface area contributed by atoms with Crippen LogP contribution in [0.1, 0.15) is 219 Å². The number of aliphatic hydroxyl groups excluding tert-OH is 1. The Morgan fingerprint density at radius 1 is 0.432 bits per heavy atom. The Labute approximate surface area is 274 Å². The number of esters is 2. The van der Waals surface area contributed by atoms with Crippen LogP contribution in [0.3, 0.4) is 0 Å². The molecule has 0 heterocycles. The molecule has 0 aliphatic carbocycles. The molecule has 0 bridgehead atoms. The van der Waals surface area contributed by atoms with Crippen LogP contribution in [0.15, 0.2) is 0 Å². The Morgan fingerprint density at radius 2 is 0.705 bits per heavy atom. The van der Waals surface area contributed by atoms with Gasteiger partial charge >= 0.3 is 11.9 Å². The minimum absolute atomic E-state index is 0.0572. The molecule has 1 unspecified atom stereocenters. The summed E-state index contributed by atoms with van der Waals surface area (Å²) in [5.74, 6) is -0.577. The Morgan fingerprint density at radius 3 is 1.00 bits per heavy atom. The van der Waals surface area contributed by atoms with E-state index in [1.807, 2.05) is 0 Å². The second kappa shape index (κ2) is 36.4. The minimum atomic E-state index is -0.760. The van der Waals surface area contributed by atoms with Crippen molar-refractivity contribution in [1.29, 1.82) is 0 Å². The van der Waals surface area contributed by atoms with Crippen molar-refractivity contribution in [3.63, 3.8) is 0 Å². The Hall–Kier alpha value is -1.10. The van der Waals surface area contributed by atoms with Gasteiger partial charge in [0.15, 0.2) is 6.10 Å². The van der Waals surface area contributed by atoms with Gasteiger partial charge in [-0.2, -0.15) is 0 Å². The maximum absolute atomic E-state index is 12.2. The molecule has 0 aromatic carbocycles. The topological polar surface area (TPSA) is 72.8 Å². The normalized spacial score (nSPS) is 12.0. The third kappa shape index (κ3) is 33.8. The number of unbranched alkanes of at least 4 members (excludes halogenated alkanes) is 28. The standard InChI is InChI=1S/C39H76O5/c1-3-5-7-9-11-13-15-16-17-18-19-20-21-22-24-26-28-30-32-34-39(42)44-37(35-40)36-43-38(41)33-31-29-27-25-23-14-12-10-8-6-4-2/h37,40H,3-36H2,1-2H3. The van der Waals surface area contributed by atoms with Crippen LogP contribution in [-0.2, 0) is 19.1 Å². The third-order valence-corrected chi connectivity index (χ3v) is 8.90. The third-order valence-electron chi connectivity index (χ3n) is 8.90. The smallest absolute Gasteiger partial charge is 0.306 e. The lowest BCUT2D eigenvalue weighted by Gasteiger charge is -2.15. The number of ether oxygens (including phenoxy) is 2. The first kappa shape index (κ1) is 42.9. The van der Waals surface area contributed by atoms with Crippen LogP contribution in [0.5, 0.6) is 0 Å². The second-order valence-electron chi connectivity index (χ2n) is 13.4. The fourth-order valence-corrected chi connectivity index (χ4v) is 5.91. The van der Waals surface area contributed by atoms with E-state index in [2.05, 4.69) is 13.8 Å². The molecule has 0 fully saturated rings. The summed E-state index contributed by atoms with van der Waals surface area (Å²) in [6.07, 6.45) is 38.8. The minimum Gasteiger partial charge on any atom is -0.462 e. The maximum atomic E-state index is 12.2. The quantitative estimate of drug-likeness (QED) is 0.0554. The Balaban J connectivity index is 3.47. The zero-order valence-electron chi connectivity index (χ0n) is 29.7. The van der Waals surface area contributed by atoms with Gasteiger partial charge in [-0.15, -0.1) is 0 Å². The highest BCUT2D eigenvalue weighted by molar-refractivity contribution is 5.70. The monoisotopic (exact) mass is 625 g/mol. The molecule has 1 atom stereocenters. The number of rotatable bonds is 36. The average molecular weight is 625 g/mol. The average Bonchev–Trinajstić information content (AvgIpc) is 3.02. The van der Waals surface area contributed by atoms with Gasteiger partial charge in [-0.1, -0.05) is 194 Å². The highest BCUT2D eigenvalue weighted by Crippen LogP contribution is 2.16. The molecular weight excluding hydrogens is 548 g/mol. The molecule has 44 heavy (non-hydrogen) atoms. The number of carbonyl (C=O) groups is 2. The molecule has 0 aromatic heterocycles. The molecule has 0 saturated carbocycles. The van der Waals surface area contributed by atoms with E-state index in [9.17, 15) is 14.7 Å². The van der Waals surface area contributed by atoms with Crippen molar-refractivity contribution in [2.75, 3.05) is 13.2 Å². The predicted molar refractivity (Wildman–Crippen MR) is 187 cm³/mol. The van der Waals surface area contributed by atoms with Crippen molar-refractivity contribution in [3.05, 3.63) is 0 Å². The molecule has 0 spiro atoms. The van der Waals surface area contributed by atoms with Gasteiger partial charge < -0.3 is 14.6 Å². The summed E-state index contributed by atoms with van der Waals surface area (Å²) in [6.45, 7) is 4.15. The van der Waals surface area contributed by atoms with Crippen molar-refractivity contribution in [2.24, 2.45) is 0 Å². The number of carbonyl (C=O) groups excluding carboxylic acids is 2. The number of hydrogen-bond donors (Lipinski definition) is 1. The molecule has 5 heteroatoms. The summed E-state index contributed by atoms with van der Waals surface area (Å²) in [7, 11) is 0. The van der Waals surface area contributed by atoms with Gasteiger partial charge in [-0.25, -0.2) is 0 Å². The lowest BCUT2D eigenvalue weighted by Crippen LogP contribution is -2.28. The van der Waals surface area contributed by atoms with Gasteiger partial charge in [0.2, 0.25) is 0 Å². The number of hydrogen-bond acceptors (Lipinski definition) is 5. The van der Waals surface area contributed by atoms with Gasteiger partial charge in [-0.05, 0) is 12.8 Å². The summed E-state index contributed by atoms with van der Waals surface area (Å²) in [6, 6.07) is 0. The van der Waals surface area contributed by atoms with Crippen LogP contribution in [0.25, 0.3) is 0 Å². The fourth-order valence-electron chi connectivity index (χ4n) is 5.91. The summed E-state index contributed by atoms with van der Waals surface area (Å²) in [5, 5.41) is 9.53. The van der Waals surface area contributed by atoms with Crippen LogP contribution in [-0.4, -0.2) is 36.4 Å². The summed E-state index contributed by atoms with van der Waals surface area (Å²) < 4.78 is 10.6. The SMILES string of the molecule is CCCCCCCCCCCCCCCCCCCCCC(=O)OC(CO)COC(=O)CCCCCCCCCCCCC. The highest BCUT2D eigenvalue weighted by Gasteiger charge is 2.16. The van der Waals surface area contributed by atoms with Crippen molar-refractivity contribution >= 4 is 11.9 Å². The maximum Gasteiger partial charge on any atom is 0.306 e. The van der Waals surface area contributed by atoms with Crippen LogP contribution < -0.4 is 0 Å². The van der Waals surface area contributed by atoms with Crippen LogP contribution >= 0.6 is 0 Å². The van der Waals surface area contributed by atoms with Crippen molar-refractivity contribution in [3.8, 4) is 0 Å². The summed E-state index contributed by atoms with van der Waals surface area (Å²) >= 11 is 0. The molecule has 0 aliphatic rings. The van der Waals surface area contributed by atoms with E-state index in [0.717, 1.165) is 32.1 Å². The molecule has 1 N–H and O–H groups in total. The molecule has 0 saturated heterocycles. The van der Waals surface area contributed by atoms with Crippen LogP contribution in [0.4, 0.5) is 0 Å². The van der Waals surface area contributed by atoms with Gasteiger partial charge in [0.1, 0.15) is 6.61 Å². The highest BCUT2D eigenvalue weighted by atomic mass is 16.6. The Kier molecular flexibility index (Phi) is 35.5.